The second-order valence-electron chi connectivity index (χ2n) is 8.52. The van der Waals surface area contributed by atoms with E-state index in [1.54, 1.807) is 6.20 Å². The SMILES string of the molecule is CC(C)c1c(C(=O)N2CCC(NC(=O)Nc3ccccc3)CC2)cnn1-c1ccc(Cl)cc1. The minimum absolute atomic E-state index is 0.0221. The molecule has 1 saturated heterocycles. The first-order valence-corrected chi connectivity index (χ1v) is 11.6. The summed E-state index contributed by atoms with van der Waals surface area (Å²) >= 11 is 6.02. The maximum atomic E-state index is 13.3. The number of halogens is 1. The van der Waals surface area contributed by atoms with Gasteiger partial charge in [0, 0.05) is 29.8 Å². The molecule has 172 valence electrons. The number of nitrogens with zero attached hydrogens (tertiary/aromatic N) is 3. The molecule has 2 heterocycles. The van der Waals surface area contributed by atoms with Crippen LogP contribution >= 0.6 is 11.6 Å². The molecule has 0 saturated carbocycles. The summed E-state index contributed by atoms with van der Waals surface area (Å²) in [5, 5.41) is 11.0. The van der Waals surface area contributed by atoms with Crippen LogP contribution in [0.4, 0.5) is 10.5 Å². The van der Waals surface area contributed by atoms with Gasteiger partial charge in [-0.3, -0.25) is 4.79 Å². The number of rotatable bonds is 5. The number of carbonyl (C=O) groups is 2. The van der Waals surface area contributed by atoms with E-state index in [0.29, 0.717) is 36.5 Å². The summed E-state index contributed by atoms with van der Waals surface area (Å²) in [7, 11) is 0. The average Bonchev–Trinajstić information content (AvgIpc) is 3.26. The molecule has 2 N–H and O–H groups in total. The highest BCUT2D eigenvalue weighted by molar-refractivity contribution is 6.30. The Hall–Kier alpha value is -3.32. The van der Waals surface area contributed by atoms with E-state index < -0.39 is 0 Å². The number of likely N-dealkylation sites (tertiary alicyclic amines) is 1. The summed E-state index contributed by atoms with van der Waals surface area (Å²) in [5.74, 6) is 0.0918. The van der Waals surface area contributed by atoms with Crippen molar-refractivity contribution in [1.29, 1.82) is 0 Å². The number of benzene rings is 2. The van der Waals surface area contributed by atoms with Crippen molar-refractivity contribution in [2.75, 3.05) is 18.4 Å². The standard InChI is InChI=1S/C25H28ClN5O2/c1-17(2)23-22(16-27-31(23)21-10-8-18(26)9-11-21)24(32)30-14-12-20(13-15-30)29-25(33)28-19-6-4-3-5-7-19/h3-11,16-17,20H,12-15H2,1-2H3,(H2,28,29,33). The number of urea groups is 1. The van der Waals surface area contributed by atoms with Gasteiger partial charge in [0.15, 0.2) is 0 Å². The zero-order valence-corrected chi connectivity index (χ0v) is 19.5. The topological polar surface area (TPSA) is 79.3 Å². The number of carbonyl (C=O) groups excluding carboxylic acids is 2. The lowest BCUT2D eigenvalue weighted by Crippen LogP contribution is -2.47. The fourth-order valence-corrected chi connectivity index (χ4v) is 4.26. The molecule has 0 spiro atoms. The highest BCUT2D eigenvalue weighted by Gasteiger charge is 2.28. The molecule has 4 rings (SSSR count). The zero-order chi connectivity index (χ0) is 23.4. The lowest BCUT2D eigenvalue weighted by atomic mass is 10.0. The van der Waals surface area contributed by atoms with Gasteiger partial charge in [-0.15, -0.1) is 0 Å². The van der Waals surface area contributed by atoms with Crippen LogP contribution < -0.4 is 10.6 Å². The quantitative estimate of drug-likeness (QED) is 0.551. The summed E-state index contributed by atoms with van der Waals surface area (Å²) < 4.78 is 1.82. The second-order valence-corrected chi connectivity index (χ2v) is 8.95. The molecule has 0 aliphatic carbocycles. The molecule has 1 aliphatic heterocycles. The molecule has 1 fully saturated rings. The molecule has 3 aromatic rings. The Morgan fingerprint density at radius 1 is 1.03 bits per heavy atom. The molecule has 2 aromatic carbocycles. The Morgan fingerprint density at radius 2 is 1.70 bits per heavy atom. The van der Waals surface area contributed by atoms with E-state index in [4.69, 9.17) is 11.6 Å². The molecule has 3 amide bonds. The van der Waals surface area contributed by atoms with Crippen LogP contribution in [0.25, 0.3) is 5.69 Å². The van der Waals surface area contributed by atoms with Crippen LogP contribution in [-0.4, -0.2) is 45.8 Å². The number of para-hydroxylation sites is 1. The first-order valence-electron chi connectivity index (χ1n) is 11.2. The largest absolute Gasteiger partial charge is 0.338 e. The van der Waals surface area contributed by atoms with E-state index in [-0.39, 0.29) is 23.9 Å². The molecule has 7 nitrogen and oxygen atoms in total. The van der Waals surface area contributed by atoms with E-state index in [1.165, 1.54) is 0 Å². The molecular weight excluding hydrogens is 438 g/mol. The van der Waals surface area contributed by atoms with Crippen LogP contribution in [0.3, 0.4) is 0 Å². The minimum atomic E-state index is -0.225. The van der Waals surface area contributed by atoms with E-state index >= 15 is 0 Å². The van der Waals surface area contributed by atoms with E-state index in [1.807, 2.05) is 64.2 Å². The predicted molar refractivity (Wildman–Crippen MR) is 130 cm³/mol. The molecular formula is C25H28ClN5O2. The van der Waals surface area contributed by atoms with Crippen molar-refractivity contribution in [2.24, 2.45) is 0 Å². The molecule has 0 bridgehead atoms. The van der Waals surface area contributed by atoms with Gasteiger partial charge < -0.3 is 15.5 Å². The smallest absolute Gasteiger partial charge is 0.319 e. The maximum Gasteiger partial charge on any atom is 0.319 e. The van der Waals surface area contributed by atoms with E-state index in [2.05, 4.69) is 29.6 Å². The number of anilines is 1. The Bertz CT molecular complexity index is 1100. The normalized spacial score (nSPS) is 14.4. The third kappa shape index (κ3) is 5.37. The Balaban J connectivity index is 1.39. The van der Waals surface area contributed by atoms with Gasteiger partial charge in [0.05, 0.1) is 23.1 Å². The Kier molecular flexibility index (Phi) is 6.99. The minimum Gasteiger partial charge on any atom is -0.338 e. The van der Waals surface area contributed by atoms with Crippen molar-refractivity contribution in [3.8, 4) is 5.69 Å². The van der Waals surface area contributed by atoms with Crippen molar-refractivity contribution >= 4 is 29.2 Å². The summed E-state index contributed by atoms with van der Waals surface area (Å²) in [4.78, 5) is 27.5. The fourth-order valence-electron chi connectivity index (χ4n) is 4.14. The zero-order valence-electron chi connectivity index (χ0n) is 18.8. The Labute approximate surface area is 198 Å². The van der Waals surface area contributed by atoms with Gasteiger partial charge in [-0.25, -0.2) is 9.48 Å². The lowest BCUT2D eigenvalue weighted by Gasteiger charge is -2.32. The third-order valence-electron chi connectivity index (χ3n) is 5.80. The average molecular weight is 466 g/mol. The molecule has 8 heteroatoms. The van der Waals surface area contributed by atoms with Crippen molar-refractivity contribution in [3.63, 3.8) is 0 Å². The monoisotopic (exact) mass is 465 g/mol. The molecule has 33 heavy (non-hydrogen) atoms. The molecule has 0 atom stereocenters. The highest BCUT2D eigenvalue weighted by Crippen LogP contribution is 2.26. The van der Waals surface area contributed by atoms with Crippen LogP contribution in [0.5, 0.6) is 0 Å². The number of nitrogens with one attached hydrogen (secondary N) is 2. The van der Waals surface area contributed by atoms with Crippen LogP contribution in [0.15, 0.2) is 60.8 Å². The molecule has 1 aromatic heterocycles. The van der Waals surface area contributed by atoms with Crippen LogP contribution in [0.2, 0.25) is 5.02 Å². The highest BCUT2D eigenvalue weighted by atomic mass is 35.5. The first-order chi connectivity index (χ1) is 15.9. The van der Waals surface area contributed by atoms with Crippen molar-refractivity contribution in [1.82, 2.24) is 20.0 Å². The Morgan fingerprint density at radius 3 is 2.33 bits per heavy atom. The van der Waals surface area contributed by atoms with Crippen LogP contribution in [0, 0.1) is 0 Å². The van der Waals surface area contributed by atoms with Gasteiger partial charge in [-0.2, -0.15) is 5.10 Å². The van der Waals surface area contributed by atoms with Crippen molar-refractivity contribution in [3.05, 3.63) is 77.1 Å². The molecule has 1 aliphatic rings. The van der Waals surface area contributed by atoms with Gasteiger partial charge >= 0.3 is 6.03 Å². The summed E-state index contributed by atoms with van der Waals surface area (Å²) in [6.07, 6.45) is 3.07. The number of aromatic nitrogens is 2. The van der Waals surface area contributed by atoms with Crippen LogP contribution in [-0.2, 0) is 0 Å². The van der Waals surface area contributed by atoms with Gasteiger partial charge in [0.1, 0.15) is 0 Å². The van der Waals surface area contributed by atoms with E-state index in [0.717, 1.165) is 17.1 Å². The van der Waals surface area contributed by atoms with Gasteiger partial charge in [0.25, 0.3) is 5.91 Å². The predicted octanol–water partition coefficient (Wildman–Crippen LogP) is 5.08. The second kappa shape index (κ2) is 10.1. The number of hydrogen-bond donors (Lipinski definition) is 2. The number of amides is 3. The molecule has 0 unspecified atom stereocenters. The van der Waals surface area contributed by atoms with Gasteiger partial charge in [0.2, 0.25) is 0 Å². The van der Waals surface area contributed by atoms with Gasteiger partial charge in [-0.1, -0.05) is 43.6 Å². The van der Waals surface area contributed by atoms with Crippen molar-refractivity contribution < 1.29 is 9.59 Å². The first kappa shape index (κ1) is 22.9. The summed E-state index contributed by atoms with van der Waals surface area (Å²) in [6, 6.07) is 16.6. The number of hydrogen-bond acceptors (Lipinski definition) is 3. The van der Waals surface area contributed by atoms with Gasteiger partial charge in [-0.05, 0) is 55.2 Å². The fraction of sp³-hybridized carbons (Fsp3) is 0.320. The van der Waals surface area contributed by atoms with E-state index in [9.17, 15) is 9.59 Å². The van der Waals surface area contributed by atoms with Crippen molar-refractivity contribution in [2.45, 2.75) is 38.6 Å². The summed E-state index contributed by atoms with van der Waals surface area (Å²) in [6.45, 7) is 5.28. The third-order valence-corrected chi connectivity index (χ3v) is 6.06. The molecule has 0 radical (unpaired) electrons. The number of piperidine rings is 1. The maximum absolute atomic E-state index is 13.3. The summed E-state index contributed by atoms with van der Waals surface area (Å²) in [5.41, 5.74) is 3.12. The lowest BCUT2D eigenvalue weighted by molar-refractivity contribution is 0.0707. The van der Waals surface area contributed by atoms with Crippen LogP contribution in [0.1, 0.15) is 48.7 Å².